The zero-order valence-corrected chi connectivity index (χ0v) is 19.0. The van der Waals surface area contributed by atoms with Gasteiger partial charge >= 0.3 is 6.09 Å². The van der Waals surface area contributed by atoms with Crippen molar-refractivity contribution in [3.05, 3.63) is 76.9 Å². The highest BCUT2D eigenvalue weighted by Crippen LogP contribution is 2.34. The predicted molar refractivity (Wildman–Crippen MR) is 130 cm³/mol. The molecule has 168 valence electrons. The summed E-state index contributed by atoms with van der Waals surface area (Å²) in [5, 5.41) is 12.2. The molecule has 1 atom stereocenters. The molecule has 0 unspecified atom stereocenters. The van der Waals surface area contributed by atoms with Crippen LogP contribution < -0.4 is 5.32 Å². The molecule has 0 aliphatic heterocycles. The van der Waals surface area contributed by atoms with Crippen LogP contribution >= 0.6 is 0 Å². The van der Waals surface area contributed by atoms with Gasteiger partial charge in [-0.25, -0.2) is 4.79 Å². The number of nitrogens with one attached hydrogen (secondary N) is 1. The van der Waals surface area contributed by atoms with E-state index in [1.54, 1.807) is 0 Å². The molecular weight excluding hydrogens is 400 g/mol. The van der Waals surface area contributed by atoms with Crippen molar-refractivity contribution in [2.75, 3.05) is 13.6 Å². The van der Waals surface area contributed by atoms with Crippen molar-refractivity contribution in [2.45, 2.75) is 39.2 Å². The summed E-state index contributed by atoms with van der Waals surface area (Å²) < 4.78 is 0. The van der Waals surface area contributed by atoms with Crippen molar-refractivity contribution in [1.29, 1.82) is 0 Å². The van der Waals surface area contributed by atoms with Crippen LogP contribution in [0.3, 0.4) is 0 Å². The minimum atomic E-state index is -1.09. The SMILES string of the molecule is CC(C)C[C@@H](C(=O)NCCCC=C1c2ccccc2C=Cc2ccccc21)N(C)C(=O)O. The maximum atomic E-state index is 12.6. The molecule has 0 heterocycles. The first kappa shape index (κ1) is 23.3. The normalized spacial score (nSPS) is 13.1. The molecule has 1 aliphatic rings. The second kappa shape index (κ2) is 10.8. The first-order valence-electron chi connectivity index (χ1n) is 11.2. The van der Waals surface area contributed by atoms with Crippen LogP contribution in [-0.2, 0) is 4.79 Å². The Balaban J connectivity index is 1.67. The third-order valence-corrected chi connectivity index (χ3v) is 5.74. The largest absolute Gasteiger partial charge is 0.465 e. The summed E-state index contributed by atoms with van der Waals surface area (Å²) in [6, 6.07) is 16.1. The molecule has 0 spiro atoms. The van der Waals surface area contributed by atoms with E-state index in [4.69, 9.17) is 0 Å². The lowest BCUT2D eigenvalue weighted by molar-refractivity contribution is -0.126. The Kier molecular flexibility index (Phi) is 7.87. The fourth-order valence-corrected chi connectivity index (χ4v) is 4.02. The quantitative estimate of drug-likeness (QED) is 0.460. The van der Waals surface area contributed by atoms with Gasteiger partial charge in [-0.2, -0.15) is 0 Å². The summed E-state index contributed by atoms with van der Waals surface area (Å²) in [4.78, 5) is 25.1. The lowest BCUT2D eigenvalue weighted by Crippen LogP contribution is -2.48. The van der Waals surface area contributed by atoms with E-state index in [9.17, 15) is 14.7 Å². The number of allylic oxidation sites excluding steroid dienone is 1. The Morgan fingerprint density at radius 1 is 1.00 bits per heavy atom. The number of fused-ring (bicyclic) bond motifs is 2. The molecule has 5 heteroatoms. The van der Waals surface area contributed by atoms with Gasteiger partial charge in [0.05, 0.1) is 0 Å². The Bertz CT molecular complexity index is 972. The lowest BCUT2D eigenvalue weighted by Gasteiger charge is -2.26. The number of carbonyl (C=O) groups is 2. The predicted octanol–water partition coefficient (Wildman–Crippen LogP) is 5.52. The van der Waals surface area contributed by atoms with Crippen LogP contribution in [0.2, 0.25) is 0 Å². The highest BCUT2D eigenvalue weighted by molar-refractivity contribution is 5.93. The van der Waals surface area contributed by atoms with E-state index >= 15 is 0 Å². The number of rotatable bonds is 8. The van der Waals surface area contributed by atoms with Crippen molar-refractivity contribution < 1.29 is 14.7 Å². The van der Waals surface area contributed by atoms with Gasteiger partial charge in [0.25, 0.3) is 0 Å². The molecule has 0 radical (unpaired) electrons. The number of hydrogen-bond donors (Lipinski definition) is 2. The molecule has 0 aromatic heterocycles. The van der Waals surface area contributed by atoms with E-state index in [0.717, 1.165) is 17.7 Å². The Hall–Kier alpha value is -3.34. The van der Waals surface area contributed by atoms with Gasteiger partial charge in [0, 0.05) is 13.6 Å². The van der Waals surface area contributed by atoms with E-state index in [1.807, 2.05) is 26.0 Å². The molecule has 32 heavy (non-hydrogen) atoms. The third kappa shape index (κ3) is 5.67. The second-order valence-corrected chi connectivity index (χ2v) is 8.60. The molecule has 3 rings (SSSR count). The number of hydrogen-bond acceptors (Lipinski definition) is 2. The van der Waals surface area contributed by atoms with Gasteiger partial charge in [0.2, 0.25) is 5.91 Å². The third-order valence-electron chi connectivity index (χ3n) is 5.74. The summed E-state index contributed by atoms with van der Waals surface area (Å²) in [6.07, 6.45) is 7.55. The van der Waals surface area contributed by atoms with Gasteiger partial charge in [-0.3, -0.25) is 9.69 Å². The van der Waals surface area contributed by atoms with Crippen molar-refractivity contribution in [1.82, 2.24) is 10.2 Å². The standard InChI is InChI=1S/C27H32N2O3/c1-19(2)18-25(29(3)27(31)32)26(30)28-17-9-8-14-24-22-12-6-4-10-20(22)15-16-21-11-5-7-13-23(21)24/h4-7,10-16,19,25H,8-9,17-18H2,1-3H3,(H,28,30)(H,31,32)/t25-/m0/s1. The van der Waals surface area contributed by atoms with E-state index in [-0.39, 0.29) is 11.8 Å². The van der Waals surface area contributed by atoms with Gasteiger partial charge in [-0.1, -0.05) is 80.6 Å². The zero-order valence-electron chi connectivity index (χ0n) is 19.0. The van der Waals surface area contributed by atoms with E-state index < -0.39 is 12.1 Å². The first-order chi connectivity index (χ1) is 15.4. The van der Waals surface area contributed by atoms with Gasteiger partial charge in [-0.15, -0.1) is 0 Å². The summed E-state index contributed by atoms with van der Waals surface area (Å²) >= 11 is 0. The number of benzene rings is 2. The fraction of sp³-hybridized carbons (Fsp3) is 0.333. The van der Waals surface area contributed by atoms with E-state index in [2.05, 4.69) is 59.9 Å². The number of unbranched alkanes of at least 4 members (excludes halogenated alkanes) is 1. The van der Waals surface area contributed by atoms with E-state index in [1.165, 1.54) is 34.9 Å². The maximum Gasteiger partial charge on any atom is 0.407 e. The second-order valence-electron chi connectivity index (χ2n) is 8.60. The minimum absolute atomic E-state index is 0.223. The number of carboxylic acid groups (broad SMARTS) is 1. The van der Waals surface area contributed by atoms with E-state index in [0.29, 0.717) is 13.0 Å². The molecule has 2 amide bonds. The van der Waals surface area contributed by atoms with Crippen LogP contribution in [0.1, 0.15) is 55.4 Å². The Labute approximate surface area is 190 Å². The van der Waals surface area contributed by atoms with Gasteiger partial charge in [0.15, 0.2) is 0 Å². The molecule has 5 nitrogen and oxygen atoms in total. The van der Waals surface area contributed by atoms with Gasteiger partial charge in [-0.05, 0) is 53.0 Å². The highest BCUT2D eigenvalue weighted by Gasteiger charge is 2.27. The average molecular weight is 433 g/mol. The van der Waals surface area contributed by atoms with Crippen LogP contribution in [0.25, 0.3) is 17.7 Å². The topological polar surface area (TPSA) is 69.6 Å². The van der Waals surface area contributed by atoms with Crippen LogP contribution in [0.5, 0.6) is 0 Å². The minimum Gasteiger partial charge on any atom is -0.465 e. The molecule has 0 fully saturated rings. The molecule has 0 saturated carbocycles. The van der Waals surface area contributed by atoms with Crippen LogP contribution in [0, 0.1) is 5.92 Å². The maximum absolute atomic E-state index is 12.6. The van der Waals surface area contributed by atoms with Crippen LogP contribution in [-0.4, -0.2) is 41.6 Å². The molecular formula is C27H32N2O3. The number of carbonyl (C=O) groups excluding carboxylic acids is 1. The number of nitrogens with zero attached hydrogens (tertiary/aromatic N) is 1. The van der Waals surface area contributed by atoms with Crippen molar-refractivity contribution in [3.63, 3.8) is 0 Å². The molecule has 2 aromatic rings. The fourth-order valence-electron chi connectivity index (χ4n) is 4.02. The smallest absolute Gasteiger partial charge is 0.407 e. The monoisotopic (exact) mass is 432 g/mol. The van der Waals surface area contributed by atoms with Crippen LogP contribution in [0.15, 0.2) is 54.6 Å². The molecule has 2 N–H and O–H groups in total. The van der Waals surface area contributed by atoms with Gasteiger partial charge < -0.3 is 10.4 Å². The summed E-state index contributed by atoms with van der Waals surface area (Å²) in [5.41, 5.74) is 6.00. The molecule has 0 saturated heterocycles. The van der Waals surface area contributed by atoms with Crippen LogP contribution in [0.4, 0.5) is 4.79 Å². The zero-order chi connectivity index (χ0) is 23.1. The highest BCUT2D eigenvalue weighted by atomic mass is 16.4. The Morgan fingerprint density at radius 3 is 2.09 bits per heavy atom. The first-order valence-corrected chi connectivity index (χ1v) is 11.2. The van der Waals surface area contributed by atoms with Crippen molar-refractivity contribution >= 4 is 29.7 Å². The summed E-state index contributed by atoms with van der Waals surface area (Å²) in [5.74, 6) is -0.00752. The average Bonchev–Trinajstić information content (AvgIpc) is 2.93. The molecule has 1 aliphatic carbocycles. The number of amides is 2. The van der Waals surface area contributed by atoms with Gasteiger partial charge in [0.1, 0.15) is 6.04 Å². The van der Waals surface area contributed by atoms with Crippen molar-refractivity contribution in [2.24, 2.45) is 5.92 Å². The number of likely N-dealkylation sites (N-methyl/N-ethyl adjacent to an activating group) is 1. The summed E-state index contributed by atoms with van der Waals surface area (Å²) in [6.45, 7) is 4.48. The lowest BCUT2D eigenvalue weighted by atomic mass is 9.92. The summed E-state index contributed by atoms with van der Waals surface area (Å²) in [7, 11) is 1.45. The molecule has 0 bridgehead atoms. The Morgan fingerprint density at radius 2 is 1.56 bits per heavy atom. The van der Waals surface area contributed by atoms with Crippen molar-refractivity contribution in [3.8, 4) is 0 Å². The molecule has 2 aromatic carbocycles.